The van der Waals surface area contributed by atoms with Crippen molar-refractivity contribution < 1.29 is 23.5 Å². The van der Waals surface area contributed by atoms with Gasteiger partial charge in [-0.15, -0.1) is 10.2 Å². The van der Waals surface area contributed by atoms with E-state index in [2.05, 4.69) is 20.5 Å². The maximum atomic E-state index is 15.1. The smallest absolute Gasteiger partial charge is 0.284 e. The fourth-order valence-corrected chi connectivity index (χ4v) is 5.29. The van der Waals surface area contributed by atoms with Gasteiger partial charge in [-0.25, -0.2) is 4.39 Å². The first kappa shape index (κ1) is 26.9. The molecule has 1 saturated carbocycles. The van der Waals surface area contributed by atoms with Crippen LogP contribution in [0, 0.1) is 12.7 Å². The summed E-state index contributed by atoms with van der Waals surface area (Å²) >= 11 is 6.99. The summed E-state index contributed by atoms with van der Waals surface area (Å²) in [5.41, 5.74) is 0.956. The first-order valence-electron chi connectivity index (χ1n) is 11.7. The Morgan fingerprint density at radius 1 is 1.19 bits per heavy atom. The van der Waals surface area contributed by atoms with Crippen LogP contribution in [0.4, 0.5) is 9.52 Å². The molecule has 1 aliphatic carbocycles. The SMILES string of the molecule is COc1ccc(Cl)c(F)c1-c1cc(C)ncc1C(=O)Nc1nnc(C(=O)N(C)C2CCC(OC)CC2)s1. The van der Waals surface area contributed by atoms with E-state index in [0.29, 0.717) is 5.69 Å². The Labute approximate surface area is 223 Å². The summed E-state index contributed by atoms with van der Waals surface area (Å²) in [7, 11) is 4.85. The number of aryl methyl sites for hydroxylation is 1. The lowest BCUT2D eigenvalue weighted by molar-refractivity contribution is 0.0385. The van der Waals surface area contributed by atoms with Gasteiger partial charge in [0.2, 0.25) is 10.1 Å². The van der Waals surface area contributed by atoms with Crippen LogP contribution in [0.2, 0.25) is 5.02 Å². The van der Waals surface area contributed by atoms with E-state index in [1.54, 1.807) is 32.0 Å². The van der Waals surface area contributed by atoms with Crippen molar-refractivity contribution in [3.63, 3.8) is 0 Å². The van der Waals surface area contributed by atoms with E-state index in [-0.39, 0.29) is 55.7 Å². The standard InChI is InChI=1S/C25H27ClFN5O4S/c1-13-11-16(20-19(36-4)10-9-18(26)21(20)27)17(12-28-13)22(33)29-25-31-30-23(37-25)24(34)32(2)14-5-7-15(35-3)8-6-14/h9-12,14-15H,5-8H2,1-4H3,(H,29,31,33). The summed E-state index contributed by atoms with van der Waals surface area (Å²) in [6.07, 6.45) is 5.04. The van der Waals surface area contributed by atoms with Crippen molar-refractivity contribution in [1.29, 1.82) is 0 Å². The lowest BCUT2D eigenvalue weighted by Gasteiger charge is -2.33. The summed E-state index contributed by atoms with van der Waals surface area (Å²) in [5.74, 6) is -1.35. The number of nitrogens with zero attached hydrogens (tertiary/aromatic N) is 4. The summed E-state index contributed by atoms with van der Waals surface area (Å²) < 4.78 is 25.8. The number of benzene rings is 1. The number of amides is 2. The number of nitrogens with one attached hydrogen (secondary N) is 1. The Morgan fingerprint density at radius 3 is 2.59 bits per heavy atom. The lowest BCUT2D eigenvalue weighted by Crippen LogP contribution is -2.40. The van der Waals surface area contributed by atoms with Crippen molar-refractivity contribution in [2.75, 3.05) is 26.6 Å². The van der Waals surface area contributed by atoms with Gasteiger partial charge < -0.3 is 14.4 Å². The van der Waals surface area contributed by atoms with Gasteiger partial charge in [-0.3, -0.25) is 19.9 Å². The molecule has 1 N–H and O–H groups in total. The molecule has 0 atom stereocenters. The number of anilines is 1. The number of aromatic nitrogens is 3. The summed E-state index contributed by atoms with van der Waals surface area (Å²) in [6, 6.07) is 4.57. The fraction of sp³-hybridized carbons (Fsp3) is 0.400. The normalized spacial score (nSPS) is 17.4. The number of methoxy groups -OCH3 is 2. The van der Waals surface area contributed by atoms with Crippen molar-refractivity contribution in [3.8, 4) is 16.9 Å². The number of carbonyl (C=O) groups is 2. The van der Waals surface area contributed by atoms with Gasteiger partial charge >= 0.3 is 0 Å². The molecule has 3 aromatic rings. The first-order valence-corrected chi connectivity index (χ1v) is 12.9. The molecule has 0 bridgehead atoms. The molecule has 1 aromatic carbocycles. The second kappa shape index (κ2) is 11.5. The van der Waals surface area contributed by atoms with E-state index < -0.39 is 11.7 Å². The van der Waals surface area contributed by atoms with Gasteiger partial charge in [-0.05, 0) is 50.8 Å². The minimum absolute atomic E-state index is 0.0450. The van der Waals surface area contributed by atoms with Crippen LogP contribution in [-0.2, 0) is 4.74 Å². The van der Waals surface area contributed by atoms with Crippen LogP contribution in [0.3, 0.4) is 0 Å². The van der Waals surface area contributed by atoms with Crippen LogP contribution in [0.5, 0.6) is 5.75 Å². The van der Waals surface area contributed by atoms with Crippen molar-refractivity contribution in [2.24, 2.45) is 0 Å². The number of ether oxygens (including phenoxy) is 2. The van der Waals surface area contributed by atoms with E-state index in [1.807, 2.05) is 0 Å². The summed E-state index contributed by atoms with van der Waals surface area (Å²) in [5, 5.41) is 10.8. The largest absolute Gasteiger partial charge is 0.496 e. The van der Waals surface area contributed by atoms with E-state index in [1.165, 1.54) is 25.4 Å². The van der Waals surface area contributed by atoms with Crippen molar-refractivity contribution >= 4 is 39.9 Å². The van der Waals surface area contributed by atoms with E-state index >= 15 is 4.39 Å². The molecule has 9 nitrogen and oxygen atoms in total. The molecule has 12 heteroatoms. The van der Waals surface area contributed by atoms with E-state index in [4.69, 9.17) is 21.1 Å². The first-order chi connectivity index (χ1) is 17.7. The highest BCUT2D eigenvalue weighted by molar-refractivity contribution is 7.17. The van der Waals surface area contributed by atoms with Crippen LogP contribution in [0.25, 0.3) is 11.1 Å². The predicted molar refractivity (Wildman–Crippen MR) is 139 cm³/mol. The zero-order valence-corrected chi connectivity index (χ0v) is 22.5. The number of hydrogen-bond donors (Lipinski definition) is 1. The maximum Gasteiger partial charge on any atom is 0.284 e. The van der Waals surface area contributed by atoms with Gasteiger partial charge in [-0.1, -0.05) is 22.9 Å². The average Bonchev–Trinajstić information content (AvgIpc) is 3.37. The molecule has 2 amide bonds. The zero-order chi connectivity index (χ0) is 26.7. The third-order valence-electron chi connectivity index (χ3n) is 6.50. The Kier molecular flexibility index (Phi) is 8.35. The third kappa shape index (κ3) is 5.73. The molecule has 0 unspecified atom stereocenters. The highest BCUT2D eigenvalue weighted by atomic mass is 35.5. The maximum absolute atomic E-state index is 15.1. The number of hydrogen-bond acceptors (Lipinski definition) is 8. The molecule has 37 heavy (non-hydrogen) atoms. The number of carbonyl (C=O) groups excluding carboxylic acids is 2. The molecule has 2 aromatic heterocycles. The molecule has 0 radical (unpaired) electrons. The number of rotatable bonds is 7. The summed E-state index contributed by atoms with van der Waals surface area (Å²) in [4.78, 5) is 32.1. The predicted octanol–water partition coefficient (Wildman–Crippen LogP) is 4.99. The Morgan fingerprint density at radius 2 is 1.92 bits per heavy atom. The zero-order valence-electron chi connectivity index (χ0n) is 20.9. The fourth-order valence-electron chi connectivity index (χ4n) is 4.41. The van der Waals surface area contributed by atoms with Crippen molar-refractivity contribution in [2.45, 2.75) is 44.8 Å². The molecular formula is C25H27ClFN5O4S. The third-order valence-corrected chi connectivity index (χ3v) is 7.62. The quantitative estimate of drug-likeness (QED) is 0.444. The second-order valence-corrected chi connectivity index (χ2v) is 10.1. The van der Waals surface area contributed by atoms with Crippen LogP contribution < -0.4 is 10.1 Å². The van der Waals surface area contributed by atoms with E-state index in [9.17, 15) is 9.59 Å². The molecule has 0 spiro atoms. The van der Waals surface area contributed by atoms with Crippen LogP contribution in [-0.4, -0.2) is 65.3 Å². The number of pyridine rings is 1. The molecule has 1 aliphatic rings. The van der Waals surface area contributed by atoms with Gasteiger partial charge in [0.15, 0.2) is 5.82 Å². The van der Waals surface area contributed by atoms with E-state index in [0.717, 1.165) is 37.0 Å². The minimum Gasteiger partial charge on any atom is -0.496 e. The molecule has 0 saturated heterocycles. The topological polar surface area (TPSA) is 107 Å². The number of halogens is 2. The highest BCUT2D eigenvalue weighted by Crippen LogP contribution is 2.38. The molecule has 1 fully saturated rings. The average molecular weight is 548 g/mol. The Balaban J connectivity index is 1.54. The Bertz CT molecular complexity index is 1310. The molecule has 2 heterocycles. The van der Waals surface area contributed by atoms with Gasteiger partial charge in [0.1, 0.15) is 5.75 Å². The molecular weight excluding hydrogens is 521 g/mol. The molecule has 4 rings (SSSR count). The van der Waals surface area contributed by atoms with Crippen molar-refractivity contribution in [3.05, 3.63) is 51.5 Å². The van der Waals surface area contributed by atoms with Gasteiger partial charge in [0.05, 0.1) is 29.4 Å². The van der Waals surface area contributed by atoms with Crippen molar-refractivity contribution in [1.82, 2.24) is 20.1 Å². The highest BCUT2D eigenvalue weighted by Gasteiger charge is 2.29. The second-order valence-electron chi connectivity index (χ2n) is 8.76. The van der Waals surface area contributed by atoms with Gasteiger partial charge in [0.25, 0.3) is 11.8 Å². The van der Waals surface area contributed by atoms with Crippen LogP contribution in [0.15, 0.2) is 24.4 Å². The lowest BCUT2D eigenvalue weighted by atomic mass is 9.92. The minimum atomic E-state index is -0.716. The summed E-state index contributed by atoms with van der Waals surface area (Å²) in [6.45, 7) is 1.72. The van der Waals surface area contributed by atoms with Crippen LogP contribution >= 0.6 is 22.9 Å². The molecule has 0 aliphatic heterocycles. The monoisotopic (exact) mass is 547 g/mol. The van der Waals surface area contributed by atoms with Gasteiger partial charge in [0, 0.05) is 37.7 Å². The van der Waals surface area contributed by atoms with Crippen LogP contribution in [0.1, 0.15) is 51.5 Å². The molecule has 196 valence electrons. The van der Waals surface area contributed by atoms with Gasteiger partial charge in [-0.2, -0.15) is 0 Å². The Hall–Kier alpha value is -3.15.